The number of nitriles is 1. The molecule has 5 atom stereocenters. The number of nitrogens with zero attached hydrogens (tertiary/aromatic N) is 4. The third-order valence-corrected chi connectivity index (χ3v) is 5.04. The molecule has 1 aromatic rings. The predicted octanol–water partition coefficient (Wildman–Crippen LogP) is -0.697. The Labute approximate surface area is 139 Å². The van der Waals surface area contributed by atoms with Crippen LogP contribution >= 0.6 is 12.2 Å². The van der Waals surface area contributed by atoms with E-state index in [9.17, 15) is 10.1 Å². The fraction of sp³-hybridized carbons (Fsp3) is 0.571. The summed E-state index contributed by atoms with van der Waals surface area (Å²) in [6.07, 6.45) is 2.70. The van der Waals surface area contributed by atoms with Gasteiger partial charge in [0.1, 0.15) is 0 Å². The molecule has 4 N–H and O–H groups in total. The molecule has 2 fully saturated rings. The number of aryl methyl sites for hydroxylation is 1. The second kappa shape index (κ2) is 5.88. The summed E-state index contributed by atoms with van der Waals surface area (Å²) in [7, 11) is 1.80. The molecule has 1 amide bonds. The van der Waals surface area contributed by atoms with Gasteiger partial charge in [0.05, 0.1) is 36.4 Å². The highest BCUT2D eigenvalue weighted by Crippen LogP contribution is 2.40. The van der Waals surface area contributed by atoms with E-state index >= 15 is 0 Å². The molecular formula is C14H19N7OS. The van der Waals surface area contributed by atoms with Crippen LogP contribution in [0, 0.1) is 23.2 Å². The predicted molar refractivity (Wildman–Crippen MR) is 86.6 cm³/mol. The number of aromatic nitrogens is 2. The normalized spacial score (nSPS) is 33.8. The van der Waals surface area contributed by atoms with Crippen molar-refractivity contribution in [2.75, 3.05) is 7.05 Å². The van der Waals surface area contributed by atoms with Crippen molar-refractivity contribution in [1.82, 2.24) is 25.3 Å². The van der Waals surface area contributed by atoms with Gasteiger partial charge in [-0.25, -0.2) is 0 Å². The monoisotopic (exact) mass is 333 g/mol. The number of carbonyl (C=O) groups excluding carboxylic acids is 1. The molecule has 2 aliphatic heterocycles. The van der Waals surface area contributed by atoms with E-state index in [2.05, 4.69) is 21.8 Å². The number of thiocarbonyl (C=S) groups is 1. The van der Waals surface area contributed by atoms with Crippen LogP contribution in [0.2, 0.25) is 0 Å². The Bertz CT molecular complexity index is 681. The second-order valence-electron chi connectivity index (χ2n) is 5.88. The Morgan fingerprint density at radius 1 is 1.52 bits per heavy atom. The van der Waals surface area contributed by atoms with E-state index in [0.29, 0.717) is 5.11 Å². The number of nitrogens with one attached hydrogen (secondary N) is 2. The molecule has 122 valence electrons. The summed E-state index contributed by atoms with van der Waals surface area (Å²) in [6, 6.07) is 2.25. The van der Waals surface area contributed by atoms with Gasteiger partial charge >= 0.3 is 0 Å². The van der Waals surface area contributed by atoms with Gasteiger partial charge in [0.2, 0.25) is 5.91 Å². The number of piperidine rings is 1. The minimum Gasteiger partial charge on any atom is -0.336 e. The van der Waals surface area contributed by atoms with Gasteiger partial charge < -0.3 is 16.0 Å². The van der Waals surface area contributed by atoms with Crippen molar-refractivity contribution in [3.05, 3.63) is 18.0 Å². The fourth-order valence-electron chi connectivity index (χ4n) is 3.41. The van der Waals surface area contributed by atoms with E-state index in [1.807, 2.05) is 13.1 Å². The summed E-state index contributed by atoms with van der Waals surface area (Å²) in [5.41, 5.74) is 7.00. The van der Waals surface area contributed by atoms with Gasteiger partial charge in [-0.2, -0.15) is 10.4 Å². The molecule has 0 bridgehead atoms. The van der Waals surface area contributed by atoms with Crippen molar-refractivity contribution in [2.24, 2.45) is 17.6 Å². The third-order valence-electron chi connectivity index (χ3n) is 4.65. The first-order valence-corrected chi connectivity index (χ1v) is 7.90. The van der Waals surface area contributed by atoms with Gasteiger partial charge in [-0.05, 0) is 24.7 Å². The quantitative estimate of drug-likeness (QED) is 0.614. The largest absolute Gasteiger partial charge is 0.336 e. The van der Waals surface area contributed by atoms with Gasteiger partial charge in [-0.1, -0.05) is 0 Å². The second-order valence-corrected chi connectivity index (χ2v) is 6.27. The van der Waals surface area contributed by atoms with Crippen LogP contribution in [0.4, 0.5) is 0 Å². The van der Waals surface area contributed by atoms with E-state index in [4.69, 9.17) is 18.0 Å². The lowest BCUT2D eigenvalue weighted by atomic mass is 9.71. The molecule has 9 heteroatoms. The zero-order valence-corrected chi connectivity index (χ0v) is 13.7. The van der Waals surface area contributed by atoms with Crippen molar-refractivity contribution >= 4 is 23.2 Å². The van der Waals surface area contributed by atoms with Crippen LogP contribution in [0.5, 0.6) is 0 Å². The molecule has 1 aromatic heterocycles. The fourth-order valence-corrected chi connectivity index (χ4v) is 3.62. The molecule has 0 aromatic carbocycles. The zero-order chi connectivity index (χ0) is 16.7. The van der Waals surface area contributed by atoms with Crippen LogP contribution in [0.25, 0.3) is 0 Å². The number of fused-ring (bicyclic) bond motifs is 1. The van der Waals surface area contributed by atoms with Gasteiger partial charge in [0.15, 0.2) is 5.11 Å². The maximum Gasteiger partial charge on any atom is 0.233 e. The number of hydrogen-bond acceptors (Lipinski definition) is 6. The SMILES string of the molecule is CCn1cc(C2C(C#N)C(N)NC3C2C(=O)NC(=S)N3C)cn1. The molecular weight excluding hydrogens is 314 g/mol. The highest BCUT2D eigenvalue weighted by atomic mass is 32.1. The third kappa shape index (κ3) is 2.49. The first kappa shape index (κ1) is 15.9. The average molecular weight is 333 g/mol. The Kier molecular flexibility index (Phi) is 4.06. The van der Waals surface area contributed by atoms with Gasteiger partial charge in [0, 0.05) is 25.7 Å². The zero-order valence-electron chi connectivity index (χ0n) is 12.9. The van der Waals surface area contributed by atoms with Crippen LogP contribution in [0.3, 0.4) is 0 Å². The molecule has 23 heavy (non-hydrogen) atoms. The standard InChI is InChI=1S/C14H19N7OS/c1-3-21-6-7(5-17-21)9-8(4-15)11(16)18-12-10(9)13(22)19-14(23)20(12)2/h5-6,8-12,18H,3,16H2,1-2H3,(H,19,22,23). The summed E-state index contributed by atoms with van der Waals surface area (Å²) >= 11 is 5.18. The van der Waals surface area contributed by atoms with Crippen LogP contribution in [-0.4, -0.2) is 45.1 Å². The van der Waals surface area contributed by atoms with Crippen molar-refractivity contribution in [3.8, 4) is 6.07 Å². The summed E-state index contributed by atoms with van der Waals surface area (Å²) in [5.74, 6) is -1.53. The van der Waals surface area contributed by atoms with Gasteiger partial charge in [0.25, 0.3) is 0 Å². The summed E-state index contributed by atoms with van der Waals surface area (Å²) in [4.78, 5) is 14.4. The molecule has 5 unspecified atom stereocenters. The maximum atomic E-state index is 12.6. The molecule has 0 radical (unpaired) electrons. The first-order chi connectivity index (χ1) is 11.0. The van der Waals surface area contributed by atoms with E-state index in [1.165, 1.54) is 0 Å². The van der Waals surface area contributed by atoms with E-state index < -0.39 is 18.0 Å². The lowest BCUT2D eigenvalue weighted by molar-refractivity contribution is -0.130. The molecule has 3 rings (SSSR count). The van der Waals surface area contributed by atoms with Crippen LogP contribution in [0.1, 0.15) is 18.4 Å². The lowest BCUT2D eigenvalue weighted by Crippen LogP contribution is -2.72. The van der Waals surface area contributed by atoms with Gasteiger partial charge in [-0.15, -0.1) is 0 Å². The number of rotatable bonds is 2. The van der Waals surface area contributed by atoms with Crippen molar-refractivity contribution < 1.29 is 4.79 Å². The minimum absolute atomic E-state index is 0.188. The molecule has 3 heterocycles. The smallest absolute Gasteiger partial charge is 0.233 e. The Morgan fingerprint density at radius 3 is 2.87 bits per heavy atom. The Hall–Kier alpha value is -2.02. The van der Waals surface area contributed by atoms with Crippen LogP contribution < -0.4 is 16.4 Å². The Balaban J connectivity index is 2.06. The lowest BCUT2D eigenvalue weighted by Gasteiger charge is -2.49. The first-order valence-electron chi connectivity index (χ1n) is 7.49. The number of amides is 1. The van der Waals surface area contributed by atoms with E-state index in [0.717, 1.165) is 12.1 Å². The van der Waals surface area contributed by atoms with E-state index in [-0.39, 0.29) is 18.0 Å². The molecule has 8 nitrogen and oxygen atoms in total. The topological polar surface area (TPSA) is 112 Å². The molecule has 0 spiro atoms. The van der Waals surface area contributed by atoms with Gasteiger partial charge in [-0.3, -0.25) is 14.8 Å². The minimum atomic E-state index is -0.549. The maximum absolute atomic E-state index is 12.6. The summed E-state index contributed by atoms with van der Waals surface area (Å²) < 4.78 is 1.78. The number of nitrogens with two attached hydrogens (primary N) is 1. The van der Waals surface area contributed by atoms with E-state index in [1.54, 1.807) is 22.8 Å². The highest BCUT2D eigenvalue weighted by Gasteiger charge is 2.52. The van der Waals surface area contributed by atoms with Crippen molar-refractivity contribution in [3.63, 3.8) is 0 Å². The molecule has 0 aliphatic carbocycles. The molecule has 2 aliphatic rings. The Morgan fingerprint density at radius 2 is 2.26 bits per heavy atom. The number of hydrogen-bond donors (Lipinski definition) is 3. The summed E-state index contributed by atoms with van der Waals surface area (Å²) in [5, 5.41) is 20.1. The van der Waals surface area contributed by atoms with Crippen LogP contribution in [0.15, 0.2) is 12.4 Å². The molecule has 2 saturated heterocycles. The van der Waals surface area contributed by atoms with Crippen LogP contribution in [-0.2, 0) is 11.3 Å². The highest BCUT2D eigenvalue weighted by molar-refractivity contribution is 7.80. The number of carbonyl (C=O) groups is 1. The average Bonchev–Trinajstić information content (AvgIpc) is 3.00. The van der Waals surface area contributed by atoms with Crippen molar-refractivity contribution in [2.45, 2.75) is 31.7 Å². The van der Waals surface area contributed by atoms with Crippen molar-refractivity contribution in [1.29, 1.82) is 5.26 Å². The molecule has 0 saturated carbocycles. The summed E-state index contributed by atoms with van der Waals surface area (Å²) in [6.45, 7) is 2.70.